The van der Waals surface area contributed by atoms with Gasteiger partial charge in [0.05, 0.1) is 24.4 Å². The molecule has 3 aliphatic heterocycles. The van der Waals surface area contributed by atoms with Crippen LogP contribution in [-0.2, 0) is 49.4 Å². The molecule has 14 unspecified atom stereocenters. The summed E-state index contributed by atoms with van der Waals surface area (Å²) in [7, 11) is 4.69. The number of aliphatic hydroxyl groups is 2. The predicted octanol–water partition coefficient (Wildman–Crippen LogP) is 7.70. The number of esters is 1. The van der Waals surface area contributed by atoms with Gasteiger partial charge in [0.1, 0.15) is 35.9 Å². The number of ketones is 2. The zero-order valence-electron chi connectivity index (χ0n) is 41.9. The van der Waals surface area contributed by atoms with E-state index in [1.807, 2.05) is 32.9 Å². The highest BCUT2D eigenvalue weighted by molar-refractivity contribution is 6.39. The Labute approximate surface area is 403 Å². The highest BCUT2D eigenvalue weighted by atomic mass is 16.7. The molecule has 4 aliphatic rings. The lowest BCUT2D eigenvalue weighted by Crippen LogP contribution is -2.64. The number of nitrogens with zero attached hydrogens (tertiary/aromatic N) is 2. The summed E-state index contributed by atoms with van der Waals surface area (Å²) in [6.07, 6.45) is 8.26. The average Bonchev–Trinajstić information content (AvgIpc) is 3.76. The fraction of sp³-hybridized carbons (Fsp3) is 0.667. The Bertz CT molecular complexity index is 2150. The van der Waals surface area contributed by atoms with Gasteiger partial charge in [-0.3, -0.25) is 14.4 Å². The molecule has 2 aromatic rings. The average molecular weight is 947 g/mol. The molecule has 0 radical (unpaired) electrons. The number of piperidine rings is 1. The number of methoxy groups -OCH3 is 3. The van der Waals surface area contributed by atoms with Gasteiger partial charge in [-0.25, -0.2) is 4.79 Å². The molecule has 14 nitrogen and oxygen atoms in total. The first kappa shape index (κ1) is 53.2. The third kappa shape index (κ3) is 11.9. The zero-order valence-corrected chi connectivity index (χ0v) is 41.9. The number of rotatable bonds is 10. The molecular formula is C54H78N2O12. The third-order valence-electron chi connectivity index (χ3n) is 15.4. The topological polar surface area (TPSA) is 172 Å². The molecule has 1 aliphatic carbocycles. The highest BCUT2D eigenvalue weighted by Gasteiger charge is 2.56. The van der Waals surface area contributed by atoms with Crippen LogP contribution >= 0.6 is 0 Å². The molecule has 14 heteroatoms. The van der Waals surface area contributed by atoms with Crippen LogP contribution in [0.15, 0.2) is 66.4 Å². The molecule has 2 bridgehead atoms. The largest absolute Gasteiger partial charge is 0.488 e. The van der Waals surface area contributed by atoms with Crippen molar-refractivity contribution < 1.29 is 57.8 Å². The van der Waals surface area contributed by atoms with E-state index in [0.29, 0.717) is 37.7 Å². The summed E-state index contributed by atoms with van der Waals surface area (Å²) >= 11 is 0. The summed E-state index contributed by atoms with van der Waals surface area (Å²) in [5.74, 6) is -6.72. The SMILES string of the molecule is C=CCC1/C=C(\C)C(O)C(C)CC(OC)C2OC(O)(C(=O)C(=O)N3CCCCC3C(=O)OC(C(C)=CC3CCC(Oc4ccc5c(ccn5CC)c4)C(OC)C3)C(C)CCC1=O)C(C)CC2OC. The van der Waals surface area contributed by atoms with E-state index < -0.39 is 77.8 Å². The number of allylic oxidation sites excluding steroid dienone is 3. The summed E-state index contributed by atoms with van der Waals surface area (Å²) in [4.78, 5) is 58.7. The molecular weight excluding hydrogens is 869 g/mol. The number of carbonyl (C=O) groups excluding carboxylic acids is 4. The Morgan fingerprint density at radius 2 is 1.63 bits per heavy atom. The van der Waals surface area contributed by atoms with Gasteiger partial charge < -0.3 is 48.1 Å². The maximum Gasteiger partial charge on any atom is 0.329 e. The van der Waals surface area contributed by atoms with E-state index >= 15 is 0 Å². The number of fused-ring (bicyclic) bond motifs is 4. The second kappa shape index (κ2) is 23.6. The Balaban J connectivity index is 1.30. The number of aromatic nitrogens is 1. The number of Topliss-reactive ketones (excluding diaryl/α,β-unsaturated/α-hetero) is 2. The van der Waals surface area contributed by atoms with Gasteiger partial charge in [0.2, 0.25) is 5.79 Å². The van der Waals surface area contributed by atoms with Gasteiger partial charge in [-0.15, -0.1) is 6.58 Å². The van der Waals surface area contributed by atoms with E-state index in [2.05, 4.69) is 48.5 Å². The molecule has 0 spiro atoms. The summed E-state index contributed by atoms with van der Waals surface area (Å²) in [6, 6.07) is 7.17. The van der Waals surface area contributed by atoms with Crippen molar-refractivity contribution in [2.45, 2.75) is 173 Å². The maximum atomic E-state index is 14.6. The second-order valence-electron chi connectivity index (χ2n) is 20.1. The minimum absolute atomic E-state index is 0.0267. The quantitative estimate of drug-likeness (QED) is 0.135. The van der Waals surface area contributed by atoms with Crippen LogP contribution in [0.5, 0.6) is 5.75 Å². The lowest BCUT2D eigenvalue weighted by molar-refractivity contribution is -0.302. The number of benzene rings is 1. The minimum atomic E-state index is -2.55. The number of hydrogen-bond acceptors (Lipinski definition) is 12. The fourth-order valence-electron chi connectivity index (χ4n) is 11.2. The van der Waals surface area contributed by atoms with Crippen LogP contribution in [0.1, 0.15) is 112 Å². The monoisotopic (exact) mass is 947 g/mol. The van der Waals surface area contributed by atoms with Crippen molar-refractivity contribution in [3.05, 3.63) is 66.4 Å². The molecule has 1 aromatic carbocycles. The number of aliphatic hydroxyl groups excluding tert-OH is 1. The molecule has 3 fully saturated rings. The first-order valence-corrected chi connectivity index (χ1v) is 25.0. The summed E-state index contributed by atoms with van der Waals surface area (Å²) in [5.41, 5.74) is 2.57. The summed E-state index contributed by atoms with van der Waals surface area (Å²) in [5, 5.41) is 24.9. The van der Waals surface area contributed by atoms with Crippen molar-refractivity contribution in [2.75, 3.05) is 27.9 Å². The molecule has 1 saturated carbocycles. The Kier molecular flexibility index (Phi) is 18.5. The van der Waals surface area contributed by atoms with Crippen LogP contribution in [0.4, 0.5) is 0 Å². The van der Waals surface area contributed by atoms with Gasteiger partial charge in [-0.1, -0.05) is 39.0 Å². The molecule has 1 amide bonds. The van der Waals surface area contributed by atoms with E-state index in [4.69, 9.17) is 28.4 Å². The molecule has 68 heavy (non-hydrogen) atoms. The number of ether oxygens (including phenoxy) is 6. The smallest absolute Gasteiger partial charge is 0.329 e. The lowest BCUT2D eigenvalue weighted by Gasteiger charge is -2.47. The highest BCUT2D eigenvalue weighted by Crippen LogP contribution is 2.40. The van der Waals surface area contributed by atoms with Gasteiger partial charge >= 0.3 is 5.97 Å². The lowest BCUT2D eigenvalue weighted by atomic mass is 9.81. The van der Waals surface area contributed by atoms with Crippen LogP contribution < -0.4 is 4.74 Å². The number of amides is 1. The third-order valence-corrected chi connectivity index (χ3v) is 15.4. The van der Waals surface area contributed by atoms with E-state index in [-0.39, 0.29) is 62.1 Å². The first-order chi connectivity index (χ1) is 32.5. The van der Waals surface area contributed by atoms with Crippen LogP contribution in [0, 0.1) is 29.6 Å². The van der Waals surface area contributed by atoms with Crippen molar-refractivity contribution >= 4 is 34.3 Å². The van der Waals surface area contributed by atoms with Crippen molar-refractivity contribution in [1.29, 1.82) is 0 Å². The predicted molar refractivity (Wildman–Crippen MR) is 259 cm³/mol. The van der Waals surface area contributed by atoms with Gasteiger partial charge in [-0.2, -0.15) is 0 Å². The molecule has 4 heterocycles. The van der Waals surface area contributed by atoms with Crippen molar-refractivity contribution in [3.8, 4) is 5.75 Å². The molecule has 6 rings (SSSR count). The van der Waals surface area contributed by atoms with Crippen LogP contribution in [-0.4, -0.2) is 126 Å². The van der Waals surface area contributed by atoms with E-state index in [9.17, 15) is 29.4 Å². The van der Waals surface area contributed by atoms with Gasteiger partial charge in [-0.05, 0) is 138 Å². The van der Waals surface area contributed by atoms with Crippen molar-refractivity contribution in [3.63, 3.8) is 0 Å². The number of carbonyl (C=O) groups is 4. The Morgan fingerprint density at radius 1 is 0.912 bits per heavy atom. The summed E-state index contributed by atoms with van der Waals surface area (Å²) < 4.78 is 39.3. The Hall–Kier alpha value is -4.18. The standard InChI is InChI=1S/C54H78N2O12/c1-11-15-39-27-33(4)48(58)34(5)28-46(64-9)50-47(65-10)29-36(7)54(62,68-50)51(59)52(60)56-24-14-13-16-42(56)53(61)67-49(32(3)17-21-43(39)57)35(6)26-37-18-22-44(45(30-37)63-8)66-40-19-20-41-38(31-40)23-25-55(41)12-2/h11,19-20,23,25-27,31-32,34,36-37,39,42,44-50,58,62H,1,12-18,21-22,24,28-30H2,2-10H3/b33-27+,35-26?. The van der Waals surface area contributed by atoms with Crippen LogP contribution in [0.25, 0.3) is 10.9 Å². The minimum Gasteiger partial charge on any atom is -0.488 e. The molecule has 2 N–H and O–H groups in total. The molecule has 2 saturated heterocycles. The number of hydrogen-bond donors (Lipinski definition) is 2. The first-order valence-electron chi connectivity index (χ1n) is 25.0. The normalized spacial score (nSPS) is 36.3. The van der Waals surface area contributed by atoms with E-state index in [1.165, 1.54) is 19.1 Å². The zero-order chi connectivity index (χ0) is 49.4. The maximum absolute atomic E-state index is 14.6. The van der Waals surface area contributed by atoms with Crippen LogP contribution in [0.3, 0.4) is 0 Å². The van der Waals surface area contributed by atoms with Crippen LogP contribution in [0.2, 0.25) is 0 Å². The van der Waals surface area contributed by atoms with E-state index in [1.54, 1.807) is 27.0 Å². The van der Waals surface area contributed by atoms with Crippen molar-refractivity contribution in [2.24, 2.45) is 29.6 Å². The number of aryl methyl sites for hydroxylation is 1. The van der Waals surface area contributed by atoms with Gasteiger partial charge in [0, 0.05) is 69.8 Å². The van der Waals surface area contributed by atoms with Gasteiger partial charge in [0.15, 0.2) is 0 Å². The van der Waals surface area contributed by atoms with Gasteiger partial charge in [0.25, 0.3) is 11.7 Å². The summed E-state index contributed by atoms with van der Waals surface area (Å²) in [6.45, 7) is 16.2. The molecule has 14 atom stereocenters. The van der Waals surface area contributed by atoms with E-state index in [0.717, 1.165) is 41.6 Å². The fourth-order valence-corrected chi connectivity index (χ4v) is 11.2. The van der Waals surface area contributed by atoms with Crippen molar-refractivity contribution in [1.82, 2.24) is 9.47 Å². The molecule has 376 valence electrons. The number of cyclic esters (lactones) is 1. The Morgan fingerprint density at radius 3 is 2.32 bits per heavy atom. The second-order valence-corrected chi connectivity index (χ2v) is 20.1. The molecule has 1 aromatic heterocycles.